The van der Waals surface area contributed by atoms with E-state index in [2.05, 4.69) is 20.9 Å². The summed E-state index contributed by atoms with van der Waals surface area (Å²) in [5.74, 6) is 0. The molecule has 0 aromatic carbocycles. The fraction of sp³-hybridized carbons (Fsp3) is 0.111. The summed E-state index contributed by atoms with van der Waals surface area (Å²) in [7, 11) is 0. The summed E-state index contributed by atoms with van der Waals surface area (Å²) < 4.78 is 2.59. The van der Waals surface area contributed by atoms with E-state index in [1.54, 1.807) is 28.5 Å². The van der Waals surface area contributed by atoms with Crippen molar-refractivity contribution in [2.45, 2.75) is 6.54 Å². The lowest BCUT2D eigenvalue weighted by Gasteiger charge is -2.00. The minimum atomic E-state index is 0.0602. The van der Waals surface area contributed by atoms with Gasteiger partial charge >= 0.3 is 4.87 Å². The highest BCUT2D eigenvalue weighted by atomic mass is 79.9. The van der Waals surface area contributed by atoms with Gasteiger partial charge in [0.2, 0.25) is 0 Å². The standard InChI is InChI=1S/C9H7BrN2OS/c10-8-3-7(4-11-5-8)6-12-1-2-14-9(12)13/h1-5H,6H2. The maximum absolute atomic E-state index is 11.3. The third-order valence-corrected chi connectivity index (χ3v) is 2.89. The molecule has 0 spiro atoms. The molecular weight excluding hydrogens is 264 g/mol. The first-order chi connectivity index (χ1) is 6.75. The molecule has 0 unspecified atom stereocenters. The van der Waals surface area contributed by atoms with Crippen LogP contribution in [0.4, 0.5) is 0 Å². The fourth-order valence-corrected chi connectivity index (χ4v) is 2.14. The average molecular weight is 271 g/mol. The molecule has 72 valence electrons. The van der Waals surface area contributed by atoms with Crippen molar-refractivity contribution in [3.05, 3.63) is 49.7 Å². The first-order valence-electron chi connectivity index (χ1n) is 3.99. The molecule has 0 amide bonds. The summed E-state index contributed by atoms with van der Waals surface area (Å²) in [6, 6.07) is 1.96. The number of hydrogen-bond donors (Lipinski definition) is 0. The molecule has 0 saturated heterocycles. The molecule has 2 heterocycles. The predicted molar refractivity (Wildman–Crippen MR) is 59.6 cm³/mol. The largest absolute Gasteiger partial charge is 0.307 e. The predicted octanol–water partition coefficient (Wildman–Crippen LogP) is 2.12. The van der Waals surface area contributed by atoms with Crippen molar-refractivity contribution in [3.63, 3.8) is 0 Å². The van der Waals surface area contributed by atoms with Gasteiger partial charge in [-0.05, 0) is 27.6 Å². The zero-order valence-corrected chi connectivity index (χ0v) is 9.59. The van der Waals surface area contributed by atoms with Gasteiger partial charge in [0.1, 0.15) is 0 Å². The van der Waals surface area contributed by atoms with Gasteiger partial charge in [-0.3, -0.25) is 9.78 Å². The van der Waals surface area contributed by atoms with Crippen molar-refractivity contribution in [1.29, 1.82) is 0 Å². The molecule has 0 atom stereocenters. The van der Waals surface area contributed by atoms with Crippen LogP contribution in [0.5, 0.6) is 0 Å². The lowest BCUT2D eigenvalue weighted by Crippen LogP contribution is -2.12. The molecule has 0 aliphatic carbocycles. The molecule has 2 aromatic heterocycles. The lowest BCUT2D eigenvalue weighted by molar-refractivity contribution is 0.780. The van der Waals surface area contributed by atoms with E-state index in [1.807, 2.05) is 6.07 Å². The molecule has 5 heteroatoms. The van der Waals surface area contributed by atoms with Gasteiger partial charge in [0.25, 0.3) is 0 Å². The Labute approximate surface area is 93.2 Å². The quantitative estimate of drug-likeness (QED) is 0.838. The van der Waals surface area contributed by atoms with Crippen LogP contribution in [0.15, 0.2) is 39.3 Å². The number of halogens is 1. The van der Waals surface area contributed by atoms with Crippen LogP contribution in [0.3, 0.4) is 0 Å². The SMILES string of the molecule is O=c1sccn1Cc1cncc(Br)c1. The maximum Gasteiger partial charge on any atom is 0.307 e. The molecule has 0 aliphatic heterocycles. The Kier molecular flexibility index (Phi) is 2.79. The van der Waals surface area contributed by atoms with Crippen LogP contribution in [-0.4, -0.2) is 9.55 Å². The molecule has 0 aliphatic rings. The van der Waals surface area contributed by atoms with Crippen LogP contribution in [0, 0.1) is 0 Å². The summed E-state index contributed by atoms with van der Waals surface area (Å²) in [5.41, 5.74) is 1.01. The van der Waals surface area contributed by atoms with Gasteiger partial charge < -0.3 is 4.57 Å². The van der Waals surface area contributed by atoms with E-state index in [-0.39, 0.29) is 4.87 Å². The van der Waals surface area contributed by atoms with Crippen LogP contribution in [-0.2, 0) is 6.54 Å². The molecule has 0 bridgehead atoms. The molecule has 0 fully saturated rings. The van der Waals surface area contributed by atoms with E-state index in [0.717, 1.165) is 10.0 Å². The first kappa shape index (κ1) is 9.61. The van der Waals surface area contributed by atoms with Gasteiger partial charge in [0.05, 0.1) is 6.54 Å². The van der Waals surface area contributed by atoms with Crippen molar-refractivity contribution >= 4 is 27.3 Å². The second-order valence-electron chi connectivity index (χ2n) is 2.81. The number of aromatic nitrogens is 2. The zero-order chi connectivity index (χ0) is 9.97. The van der Waals surface area contributed by atoms with Crippen molar-refractivity contribution in [3.8, 4) is 0 Å². The summed E-state index contributed by atoms with van der Waals surface area (Å²) in [5, 5.41) is 1.79. The van der Waals surface area contributed by atoms with E-state index in [4.69, 9.17) is 0 Å². The number of nitrogens with zero attached hydrogens (tertiary/aromatic N) is 2. The van der Waals surface area contributed by atoms with E-state index in [0.29, 0.717) is 6.54 Å². The number of pyridine rings is 1. The highest BCUT2D eigenvalue weighted by molar-refractivity contribution is 9.10. The van der Waals surface area contributed by atoms with Gasteiger partial charge in [-0.2, -0.15) is 0 Å². The van der Waals surface area contributed by atoms with Crippen molar-refractivity contribution in [2.75, 3.05) is 0 Å². The molecule has 0 saturated carbocycles. The molecule has 3 nitrogen and oxygen atoms in total. The third kappa shape index (κ3) is 2.10. The second-order valence-corrected chi connectivity index (χ2v) is 4.58. The monoisotopic (exact) mass is 270 g/mol. The topological polar surface area (TPSA) is 34.9 Å². The van der Waals surface area contributed by atoms with Gasteiger partial charge in [-0.15, -0.1) is 0 Å². The van der Waals surface area contributed by atoms with Crippen LogP contribution in [0.2, 0.25) is 0 Å². The maximum atomic E-state index is 11.3. The zero-order valence-electron chi connectivity index (χ0n) is 7.18. The summed E-state index contributed by atoms with van der Waals surface area (Å²) in [4.78, 5) is 15.4. The van der Waals surface area contributed by atoms with E-state index in [1.165, 1.54) is 11.3 Å². The Hall–Kier alpha value is -0.940. The van der Waals surface area contributed by atoms with Crippen molar-refractivity contribution in [2.24, 2.45) is 0 Å². The fourth-order valence-electron chi connectivity index (χ4n) is 1.15. The Morgan fingerprint density at radius 3 is 3.00 bits per heavy atom. The van der Waals surface area contributed by atoms with E-state index < -0.39 is 0 Å². The Balaban J connectivity index is 2.27. The Morgan fingerprint density at radius 2 is 2.36 bits per heavy atom. The Bertz CT molecular complexity index is 491. The van der Waals surface area contributed by atoms with Gasteiger partial charge in [-0.25, -0.2) is 0 Å². The minimum Gasteiger partial charge on any atom is -0.301 e. The lowest BCUT2D eigenvalue weighted by atomic mass is 10.3. The van der Waals surface area contributed by atoms with Gasteiger partial charge in [0.15, 0.2) is 0 Å². The van der Waals surface area contributed by atoms with Crippen LogP contribution < -0.4 is 4.87 Å². The summed E-state index contributed by atoms with van der Waals surface area (Å²) in [6.45, 7) is 0.578. The number of rotatable bonds is 2. The molecule has 2 rings (SSSR count). The van der Waals surface area contributed by atoms with Crippen molar-refractivity contribution < 1.29 is 0 Å². The Morgan fingerprint density at radius 1 is 1.50 bits per heavy atom. The third-order valence-electron chi connectivity index (χ3n) is 1.76. The first-order valence-corrected chi connectivity index (χ1v) is 5.66. The second kappa shape index (κ2) is 4.06. The number of hydrogen-bond acceptors (Lipinski definition) is 3. The number of thiazole rings is 1. The summed E-state index contributed by atoms with van der Waals surface area (Å²) >= 11 is 4.54. The van der Waals surface area contributed by atoms with E-state index >= 15 is 0 Å². The summed E-state index contributed by atoms with van der Waals surface area (Å²) in [6.07, 6.45) is 5.27. The molecule has 2 aromatic rings. The minimum absolute atomic E-state index is 0.0602. The molecule has 14 heavy (non-hydrogen) atoms. The van der Waals surface area contributed by atoms with Crippen LogP contribution >= 0.6 is 27.3 Å². The normalized spacial score (nSPS) is 10.4. The molecular formula is C9H7BrN2OS. The highest BCUT2D eigenvalue weighted by Crippen LogP contribution is 2.10. The average Bonchev–Trinajstić information content (AvgIpc) is 2.52. The van der Waals surface area contributed by atoms with Gasteiger partial charge in [0, 0.05) is 28.4 Å². The van der Waals surface area contributed by atoms with Crippen molar-refractivity contribution in [1.82, 2.24) is 9.55 Å². The highest BCUT2D eigenvalue weighted by Gasteiger charge is 1.99. The van der Waals surface area contributed by atoms with E-state index in [9.17, 15) is 4.79 Å². The van der Waals surface area contributed by atoms with Crippen LogP contribution in [0.25, 0.3) is 0 Å². The van der Waals surface area contributed by atoms with Gasteiger partial charge in [-0.1, -0.05) is 11.3 Å². The molecule has 0 N–H and O–H groups in total. The molecule has 0 radical (unpaired) electrons. The smallest absolute Gasteiger partial charge is 0.301 e. The van der Waals surface area contributed by atoms with Crippen LogP contribution in [0.1, 0.15) is 5.56 Å².